The van der Waals surface area contributed by atoms with E-state index in [2.05, 4.69) is 9.71 Å². The van der Waals surface area contributed by atoms with Crippen LogP contribution in [0.2, 0.25) is 0 Å². The second-order valence-corrected chi connectivity index (χ2v) is 7.77. The molecule has 0 unspecified atom stereocenters. The lowest BCUT2D eigenvalue weighted by atomic mass is 10.2. The van der Waals surface area contributed by atoms with Gasteiger partial charge in [-0.05, 0) is 35.9 Å². The van der Waals surface area contributed by atoms with Gasteiger partial charge in [-0.25, -0.2) is 4.79 Å². The molecular formula is C22H16N2O4S. The summed E-state index contributed by atoms with van der Waals surface area (Å²) in [6.45, 7) is 0. The first-order valence-corrected chi connectivity index (χ1v) is 10.2. The van der Waals surface area contributed by atoms with Crippen molar-refractivity contribution in [2.24, 2.45) is 4.40 Å². The van der Waals surface area contributed by atoms with Crippen molar-refractivity contribution in [1.82, 2.24) is 0 Å². The van der Waals surface area contributed by atoms with E-state index in [-0.39, 0.29) is 16.5 Å². The number of esters is 1. The van der Waals surface area contributed by atoms with Crippen LogP contribution in [-0.4, -0.2) is 20.2 Å². The number of rotatable bonds is 4. The van der Waals surface area contributed by atoms with Crippen molar-refractivity contribution in [1.29, 1.82) is 0 Å². The van der Waals surface area contributed by atoms with Crippen LogP contribution in [0.5, 0.6) is 5.75 Å². The average molecular weight is 404 g/mol. The topological polar surface area (TPSA) is 84.8 Å². The van der Waals surface area contributed by atoms with Crippen LogP contribution in [0.25, 0.3) is 6.08 Å². The third-order valence-electron chi connectivity index (χ3n) is 4.19. The molecule has 0 spiro atoms. The Balaban J connectivity index is 1.55. The van der Waals surface area contributed by atoms with E-state index >= 15 is 0 Å². The second-order valence-electron chi connectivity index (χ2n) is 6.20. The van der Waals surface area contributed by atoms with Gasteiger partial charge >= 0.3 is 5.97 Å². The van der Waals surface area contributed by atoms with Crippen LogP contribution in [0.3, 0.4) is 0 Å². The highest BCUT2D eigenvalue weighted by Gasteiger charge is 2.28. The highest BCUT2D eigenvalue weighted by atomic mass is 32.2. The predicted octanol–water partition coefficient (Wildman–Crippen LogP) is 3.87. The van der Waals surface area contributed by atoms with Gasteiger partial charge in [0.1, 0.15) is 4.90 Å². The third-order valence-corrected chi connectivity index (χ3v) is 5.53. The molecule has 3 aromatic rings. The third kappa shape index (κ3) is 4.09. The molecule has 0 saturated carbocycles. The SMILES string of the molecule is O=C(C=Cc1ccccc1)Oc1ccccc1NC1=NS(=O)(=O)c2ccccc21. The molecule has 0 bridgehead atoms. The Kier molecular flexibility index (Phi) is 4.97. The molecule has 0 aromatic heterocycles. The molecule has 1 aliphatic rings. The van der Waals surface area contributed by atoms with Gasteiger partial charge in [0.15, 0.2) is 11.6 Å². The molecule has 0 radical (unpaired) electrons. The Labute approximate surface area is 168 Å². The normalized spacial score (nSPS) is 14.3. The minimum atomic E-state index is -3.74. The molecule has 0 atom stereocenters. The number of ether oxygens (including phenoxy) is 1. The van der Waals surface area contributed by atoms with Crippen LogP contribution < -0.4 is 10.1 Å². The van der Waals surface area contributed by atoms with Crippen LogP contribution in [0.1, 0.15) is 11.1 Å². The van der Waals surface area contributed by atoms with E-state index in [1.165, 1.54) is 12.1 Å². The van der Waals surface area contributed by atoms with Crippen LogP contribution in [0.15, 0.2) is 94.2 Å². The molecular weight excluding hydrogens is 388 g/mol. The number of para-hydroxylation sites is 2. The van der Waals surface area contributed by atoms with Crippen molar-refractivity contribution in [2.45, 2.75) is 4.90 Å². The monoisotopic (exact) mass is 404 g/mol. The van der Waals surface area contributed by atoms with Gasteiger partial charge < -0.3 is 10.1 Å². The van der Waals surface area contributed by atoms with Crippen LogP contribution in [0.4, 0.5) is 5.69 Å². The van der Waals surface area contributed by atoms with Gasteiger partial charge in [-0.3, -0.25) is 0 Å². The number of carbonyl (C=O) groups is 1. The van der Waals surface area contributed by atoms with Gasteiger partial charge in [0.2, 0.25) is 0 Å². The summed E-state index contributed by atoms with van der Waals surface area (Å²) in [6.07, 6.45) is 2.99. The summed E-state index contributed by atoms with van der Waals surface area (Å²) >= 11 is 0. The molecule has 0 saturated heterocycles. The summed E-state index contributed by atoms with van der Waals surface area (Å²) < 4.78 is 33.7. The summed E-state index contributed by atoms with van der Waals surface area (Å²) in [5.74, 6) is -0.104. The zero-order chi connectivity index (χ0) is 20.3. The Morgan fingerprint density at radius 2 is 1.59 bits per heavy atom. The molecule has 1 aliphatic heterocycles. The van der Waals surface area contributed by atoms with E-state index in [9.17, 15) is 13.2 Å². The van der Waals surface area contributed by atoms with E-state index in [1.54, 1.807) is 48.5 Å². The maximum atomic E-state index is 12.2. The number of carbonyl (C=O) groups excluding carboxylic acids is 1. The Hall–Kier alpha value is -3.71. The molecule has 1 N–H and O–H groups in total. The average Bonchev–Trinajstić information content (AvgIpc) is 2.99. The lowest BCUT2D eigenvalue weighted by Crippen LogP contribution is -2.13. The van der Waals surface area contributed by atoms with Gasteiger partial charge in [-0.2, -0.15) is 8.42 Å². The first kappa shape index (κ1) is 18.6. The molecule has 29 heavy (non-hydrogen) atoms. The molecule has 0 fully saturated rings. The fraction of sp³-hybridized carbons (Fsp3) is 0. The summed E-state index contributed by atoms with van der Waals surface area (Å²) in [5.41, 5.74) is 1.77. The smallest absolute Gasteiger partial charge is 0.336 e. The number of hydrogen-bond acceptors (Lipinski definition) is 5. The Morgan fingerprint density at radius 3 is 2.41 bits per heavy atom. The van der Waals surface area contributed by atoms with Crippen molar-refractivity contribution >= 4 is 33.6 Å². The lowest BCUT2D eigenvalue weighted by Gasteiger charge is -2.11. The lowest BCUT2D eigenvalue weighted by molar-refractivity contribution is -0.128. The van der Waals surface area contributed by atoms with E-state index in [0.29, 0.717) is 11.3 Å². The predicted molar refractivity (Wildman–Crippen MR) is 111 cm³/mol. The number of anilines is 1. The van der Waals surface area contributed by atoms with Crippen molar-refractivity contribution in [3.63, 3.8) is 0 Å². The molecule has 0 amide bonds. The standard InChI is InChI=1S/C22H16N2O4S/c25-21(15-14-16-8-2-1-3-9-16)28-19-12-6-5-11-18(19)23-22-17-10-4-7-13-20(17)29(26,27)24-22/h1-15H,(H,23,24). The summed E-state index contributed by atoms with van der Waals surface area (Å²) in [5, 5.41) is 2.97. The van der Waals surface area contributed by atoms with E-state index < -0.39 is 16.0 Å². The number of nitrogens with one attached hydrogen (secondary N) is 1. The number of sulfonamides is 1. The fourth-order valence-electron chi connectivity index (χ4n) is 2.85. The maximum absolute atomic E-state index is 12.2. The quantitative estimate of drug-likeness (QED) is 0.405. The van der Waals surface area contributed by atoms with Gasteiger partial charge in [0, 0.05) is 11.6 Å². The van der Waals surface area contributed by atoms with Crippen LogP contribution in [0, 0.1) is 0 Å². The molecule has 144 valence electrons. The first-order chi connectivity index (χ1) is 14.0. The Morgan fingerprint density at radius 1 is 0.897 bits per heavy atom. The number of hydrogen-bond donors (Lipinski definition) is 1. The van der Waals surface area contributed by atoms with Crippen molar-refractivity contribution in [3.8, 4) is 5.75 Å². The molecule has 7 heteroatoms. The highest BCUT2D eigenvalue weighted by molar-refractivity contribution is 7.90. The summed E-state index contributed by atoms with van der Waals surface area (Å²) in [7, 11) is -3.74. The van der Waals surface area contributed by atoms with Gasteiger partial charge in [-0.1, -0.05) is 54.6 Å². The fourth-order valence-corrected chi connectivity index (χ4v) is 4.03. The molecule has 1 heterocycles. The van der Waals surface area contributed by atoms with E-state index in [1.807, 2.05) is 30.3 Å². The first-order valence-electron chi connectivity index (χ1n) is 8.78. The largest absolute Gasteiger partial charge is 0.421 e. The Bertz CT molecular complexity index is 1230. The van der Waals surface area contributed by atoms with E-state index in [0.717, 1.165) is 5.56 Å². The van der Waals surface area contributed by atoms with Crippen molar-refractivity contribution in [2.75, 3.05) is 5.32 Å². The molecule has 3 aromatic carbocycles. The number of benzene rings is 3. The van der Waals surface area contributed by atoms with Gasteiger partial charge in [0.25, 0.3) is 10.0 Å². The molecule has 4 rings (SSSR count). The number of amidine groups is 1. The maximum Gasteiger partial charge on any atom is 0.336 e. The zero-order valence-electron chi connectivity index (χ0n) is 15.1. The van der Waals surface area contributed by atoms with Gasteiger partial charge in [0.05, 0.1) is 5.69 Å². The van der Waals surface area contributed by atoms with E-state index in [4.69, 9.17) is 4.74 Å². The minimum Gasteiger partial charge on any atom is -0.421 e. The van der Waals surface area contributed by atoms with Gasteiger partial charge in [-0.15, -0.1) is 4.40 Å². The molecule has 0 aliphatic carbocycles. The molecule has 6 nitrogen and oxygen atoms in total. The van der Waals surface area contributed by atoms with Crippen LogP contribution >= 0.6 is 0 Å². The van der Waals surface area contributed by atoms with Crippen molar-refractivity contribution < 1.29 is 17.9 Å². The summed E-state index contributed by atoms with van der Waals surface area (Å²) in [4.78, 5) is 12.4. The summed E-state index contributed by atoms with van der Waals surface area (Å²) in [6, 6.07) is 22.7. The zero-order valence-corrected chi connectivity index (χ0v) is 16.0. The second kappa shape index (κ2) is 7.73. The van der Waals surface area contributed by atoms with Crippen molar-refractivity contribution in [3.05, 3.63) is 96.1 Å². The number of fused-ring (bicyclic) bond motifs is 1. The minimum absolute atomic E-state index is 0.141. The van der Waals surface area contributed by atoms with Crippen LogP contribution in [-0.2, 0) is 14.8 Å². The highest BCUT2D eigenvalue weighted by Crippen LogP contribution is 2.30. The number of nitrogens with zero attached hydrogens (tertiary/aromatic N) is 1.